The Morgan fingerprint density at radius 1 is 1.31 bits per heavy atom. The van der Waals surface area contributed by atoms with Gasteiger partial charge in [-0.3, -0.25) is 9.36 Å². The minimum Gasteiger partial charge on any atom is -0.352 e. The zero-order chi connectivity index (χ0) is 18.5. The van der Waals surface area contributed by atoms with Gasteiger partial charge in [0.05, 0.1) is 12.3 Å². The molecular formula is C19H26N4O2S. The van der Waals surface area contributed by atoms with E-state index < -0.39 is 0 Å². The number of nitrogens with zero attached hydrogens (tertiary/aromatic N) is 2. The van der Waals surface area contributed by atoms with E-state index in [1.807, 2.05) is 30.3 Å². The minimum atomic E-state index is -0.258. The van der Waals surface area contributed by atoms with Gasteiger partial charge in [0, 0.05) is 6.04 Å². The fourth-order valence-electron chi connectivity index (χ4n) is 3.48. The molecule has 3 unspecified atom stereocenters. The second kappa shape index (κ2) is 8.58. The lowest BCUT2D eigenvalue weighted by Gasteiger charge is -2.34. The summed E-state index contributed by atoms with van der Waals surface area (Å²) in [4.78, 5) is 24.4. The van der Waals surface area contributed by atoms with Gasteiger partial charge in [-0.2, -0.15) is 0 Å². The van der Waals surface area contributed by atoms with Crippen molar-refractivity contribution < 1.29 is 4.79 Å². The number of amides is 1. The number of benzene rings is 1. The number of aromatic nitrogens is 3. The standard InChI is InChI=1S/C19H26N4O2S/c1-13-7-6-10-16(14(13)2)20-17(24)12-26-19-22-21-18(25)23(19)11-15-8-4-3-5-9-15/h3-5,8-9,13-14,16H,6-7,10-12H2,1-2H3,(H,20,24)(H,21,25). The minimum absolute atomic E-state index is 0.00246. The molecule has 1 aliphatic carbocycles. The van der Waals surface area contributed by atoms with Crippen molar-refractivity contribution in [3.63, 3.8) is 0 Å². The van der Waals surface area contributed by atoms with Crippen molar-refractivity contribution in [1.29, 1.82) is 0 Å². The van der Waals surface area contributed by atoms with Crippen LogP contribution in [0.5, 0.6) is 0 Å². The van der Waals surface area contributed by atoms with Crippen LogP contribution in [0.4, 0.5) is 0 Å². The van der Waals surface area contributed by atoms with Crippen molar-refractivity contribution in [3.05, 3.63) is 46.4 Å². The molecule has 140 valence electrons. The van der Waals surface area contributed by atoms with Gasteiger partial charge in [-0.15, -0.1) is 5.10 Å². The van der Waals surface area contributed by atoms with Crippen molar-refractivity contribution in [2.45, 2.75) is 50.9 Å². The van der Waals surface area contributed by atoms with Crippen LogP contribution in [0.3, 0.4) is 0 Å². The first-order valence-corrected chi connectivity index (χ1v) is 10.1. The smallest absolute Gasteiger partial charge is 0.344 e. The number of thioether (sulfide) groups is 1. The lowest BCUT2D eigenvalue weighted by atomic mass is 9.78. The van der Waals surface area contributed by atoms with Crippen LogP contribution in [0.1, 0.15) is 38.7 Å². The molecule has 1 aliphatic rings. The molecule has 0 aliphatic heterocycles. The second-order valence-electron chi connectivity index (χ2n) is 7.11. The molecule has 0 radical (unpaired) electrons. The average Bonchev–Trinajstić information content (AvgIpc) is 2.98. The van der Waals surface area contributed by atoms with E-state index in [1.165, 1.54) is 24.6 Å². The summed E-state index contributed by atoms with van der Waals surface area (Å²) in [5.41, 5.74) is 0.763. The summed E-state index contributed by atoms with van der Waals surface area (Å²) in [5, 5.41) is 10.2. The number of hydrogen-bond donors (Lipinski definition) is 2. The van der Waals surface area contributed by atoms with E-state index in [-0.39, 0.29) is 23.4 Å². The maximum atomic E-state index is 12.4. The van der Waals surface area contributed by atoms with Gasteiger partial charge >= 0.3 is 5.69 Å². The predicted octanol–water partition coefficient (Wildman–Crippen LogP) is 2.65. The van der Waals surface area contributed by atoms with Crippen molar-refractivity contribution in [2.24, 2.45) is 11.8 Å². The third-order valence-electron chi connectivity index (χ3n) is 5.29. The molecule has 7 heteroatoms. The van der Waals surface area contributed by atoms with Gasteiger partial charge in [-0.05, 0) is 23.8 Å². The summed E-state index contributed by atoms with van der Waals surface area (Å²) in [7, 11) is 0. The first-order chi connectivity index (χ1) is 12.5. The van der Waals surface area contributed by atoms with Crippen molar-refractivity contribution >= 4 is 17.7 Å². The highest BCUT2D eigenvalue weighted by Crippen LogP contribution is 2.29. The first-order valence-electron chi connectivity index (χ1n) is 9.16. The summed E-state index contributed by atoms with van der Waals surface area (Å²) in [6.45, 7) is 4.91. The Hall–Kier alpha value is -2.02. The van der Waals surface area contributed by atoms with Gasteiger partial charge in [0.2, 0.25) is 5.91 Å². The molecule has 1 saturated carbocycles. The molecule has 0 saturated heterocycles. The van der Waals surface area contributed by atoms with Gasteiger partial charge in [-0.25, -0.2) is 9.89 Å². The van der Waals surface area contributed by atoms with Crippen molar-refractivity contribution in [3.8, 4) is 0 Å². The maximum absolute atomic E-state index is 12.4. The number of carbonyl (C=O) groups excluding carboxylic acids is 1. The van der Waals surface area contributed by atoms with E-state index in [0.717, 1.165) is 12.0 Å². The molecule has 3 atom stereocenters. The number of H-pyrrole nitrogens is 1. The molecular weight excluding hydrogens is 348 g/mol. The number of aromatic amines is 1. The van der Waals surface area contributed by atoms with Gasteiger partial charge in [-0.1, -0.05) is 68.8 Å². The topological polar surface area (TPSA) is 79.8 Å². The van der Waals surface area contributed by atoms with Crippen LogP contribution >= 0.6 is 11.8 Å². The molecule has 1 aromatic heterocycles. The van der Waals surface area contributed by atoms with E-state index in [2.05, 4.69) is 29.4 Å². The molecule has 1 heterocycles. The zero-order valence-corrected chi connectivity index (χ0v) is 16.1. The highest BCUT2D eigenvalue weighted by molar-refractivity contribution is 7.99. The monoisotopic (exact) mass is 374 g/mol. The largest absolute Gasteiger partial charge is 0.352 e. The van der Waals surface area contributed by atoms with Crippen LogP contribution in [-0.4, -0.2) is 32.5 Å². The summed E-state index contributed by atoms with van der Waals surface area (Å²) < 4.78 is 1.57. The molecule has 2 N–H and O–H groups in total. The highest BCUT2D eigenvalue weighted by atomic mass is 32.2. The lowest BCUT2D eigenvalue weighted by Crippen LogP contribution is -2.44. The van der Waals surface area contributed by atoms with Crippen LogP contribution < -0.4 is 11.0 Å². The maximum Gasteiger partial charge on any atom is 0.344 e. The number of nitrogens with one attached hydrogen (secondary N) is 2. The van der Waals surface area contributed by atoms with Gasteiger partial charge in [0.25, 0.3) is 0 Å². The van der Waals surface area contributed by atoms with E-state index in [4.69, 9.17) is 0 Å². The van der Waals surface area contributed by atoms with E-state index >= 15 is 0 Å². The quantitative estimate of drug-likeness (QED) is 0.762. The van der Waals surface area contributed by atoms with Crippen LogP contribution in [-0.2, 0) is 11.3 Å². The summed E-state index contributed by atoms with van der Waals surface area (Å²) >= 11 is 1.29. The van der Waals surface area contributed by atoms with E-state index in [1.54, 1.807) is 4.57 Å². The molecule has 0 bridgehead atoms. The molecule has 3 rings (SSSR count). The number of rotatable bonds is 6. The Labute approximate surface area is 157 Å². The molecule has 26 heavy (non-hydrogen) atoms. The first kappa shape index (κ1) is 18.8. The summed E-state index contributed by atoms with van der Waals surface area (Å²) in [6, 6.07) is 9.99. The Morgan fingerprint density at radius 2 is 2.08 bits per heavy atom. The third-order valence-corrected chi connectivity index (χ3v) is 6.27. The SMILES string of the molecule is CC1CCCC(NC(=O)CSc2n[nH]c(=O)n2Cc2ccccc2)C1C. The Balaban J connectivity index is 1.58. The van der Waals surface area contributed by atoms with Crippen LogP contribution in [0.2, 0.25) is 0 Å². The fourth-order valence-corrected chi connectivity index (χ4v) is 4.24. The lowest BCUT2D eigenvalue weighted by molar-refractivity contribution is -0.120. The summed E-state index contributed by atoms with van der Waals surface area (Å²) in [6.07, 6.45) is 3.45. The van der Waals surface area contributed by atoms with Crippen LogP contribution in [0.25, 0.3) is 0 Å². The van der Waals surface area contributed by atoms with Gasteiger partial charge in [0.15, 0.2) is 5.16 Å². The Morgan fingerprint density at radius 3 is 2.85 bits per heavy atom. The van der Waals surface area contributed by atoms with E-state index in [0.29, 0.717) is 23.5 Å². The Kier molecular flexibility index (Phi) is 6.19. The molecule has 2 aromatic rings. The van der Waals surface area contributed by atoms with Crippen molar-refractivity contribution in [1.82, 2.24) is 20.1 Å². The van der Waals surface area contributed by atoms with Gasteiger partial charge < -0.3 is 5.32 Å². The third kappa shape index (κ3) is 4.58. The second-order valence-corrected chi connectivity index (χ2v) is 8.06. The molecule has 1 amide bonds. The van der Waals surface area contributed by atoms with Crippen LogP contribution in [0, 0.1) is 11.8 Å². The molecule has 1 aromatic carbocycles. The molecule has 1 fully saturated rings. The Bertz CT molecular complexity index is 786. The normalized spacial score (nSPS) is 22.9. The molecule has 0 spiro atoms. The van der Waals surface area contributed by atoms with Gasteiger partial charge in [0.1, 0.15) is 0 Å². The van der Waals surface area contributed by atoms with E-state index in [9.17, 15) is 9.59 Å². The number of carbonyl (C=O) groups is 1. The highest BCUT2D eigenvalue weighted by Gasteiger charge is 2.28. The summed E-state index contributed by atoms with van der Waals surface area (Å²) in [5.74, 6) is 1.41. The van der Waals surface area contributed by atoms with Crippen LogP contribution in [0.15, 0.2) is 40.3 Å². The average molecular weight is 375 g/mol. The fraction of sp³-hybridized carbons (Fsp3) is 0.526. The predicted molar refractivity (Wildman–Crippen MR) is 103 cm³/mol. The number of hydrogen-bond acceptors (Lipinski definition) is 4. The zero-order valence-electron chi connectivity index (χ0n) is 15.3. The van der Waals surface area contributed by atoms with Crippen molar-refractivity contribution in [2.75, 3.05) is 5.75 Å². The molecule has 6 nitrogen and oxygen atoms in total.